The Morgan fingerprint density at radius 2 is 2.08 bits per heavy atom. The molecule has 2 aromatic rings. The number of halogens is 2. The lowest BCUT2D eigenvalue weighted by Crippen LogP contribution is -2.48. The molecule has 1 aliphatic rings. The first-order valence-corrected chi connectivity index (χ1v) is 9.30. The maximum Gasteiger partial charge on any atom is 0.260 e. The number of rotatable bonds is 4. The number of pyridine rings is 1. The van der Waals surface area contributed by atoms with E-state index in [0.717, 1.165) is 5.56 Å². The highest BCUT2D eigenvalue weighted by Gasteiger charge is 2.35. The summed E-state index contributed by atoms with van der Waals surface area (Å²) >= 11 is 9.31. The van der Waals surface area contributed by atoms with Gasteiger partial charge < -0.3 is 15.5 Å². The van der Waals surface area contributed by atoms with Gasteiger partial charge in [0.05, 0.1) is 5.56 Å². The van der Waals surface area contributed by atoms with Crippen molar-refractivity contribution in [2.75, 3.05) is 11.9 Å². The molecule has 2 heterocycles. The molecule has 0 saturated carbocycles. The molecule has 6 nitrogen and oxygen atoms in total. The largest absolute Gasteiger partial charge is 0.352 e. The van der Waals surface area contributed by atoms with Crippen molar-refractivity contribution < 1.29 is 9.59 Å². The monoisotopic (exact) mass is 436 g/mol. The van der Waals surface area contributed by atoms with Gasteiger partial charge in [-0.25, -0.2) is 4.98 Å². The van der Waals surface area contributed by atoms with Crippen LogP contribution in [0.25, 0.3) is 0 Å². The molecule has 1 unspecified atom stereocenters. The van der Waals surface area contributed by atoms with Crippen LogP contribution in [0, 0.1) is 0 Å². The van der Waals surface area contributed by atoms with Gasteiger partial charge in [-0.15, -0.1) is 0 Å². The highest BCUT2D eigenvalue weighted by atomic mass is 79.9. The van der Waals surface area contributed by atoms with Crippen LogP contribution in [0.4, 0.5) is 5.82 Å². The predicted octanol–water partition coefficient (Wildman–Crippen LogP) is 3.59. The Bertz CT molecular complexity index is 842. The van der Waals surface area contributed by atoms with Gasteiger partial charge >= 0.3 is 0 Å². The van der Waals surface area contributed by atoms with Gasteiger partial charge in [0.1, 0.15) is 18.5 Å². The van der Waals surface area contributed by atoms with Crippen LogP contribution >= 0.6 is 27.5 Å². The maximum absolute atomic E-state index is 13.1. The van der Waals surface area contributed by atoms with Gasteiger partial charge in [-0.1, -0.05) is 23.7 Å². The van der Waals surface area contributed by atoms with Crippen LogP contribution in [-0.4, -0.2) is 34.3 Å². The van der Waals surface area contributed by atoms with Crippen molar-refractivity contribution in [1.29, 1.82) is 0 Å². The molecule has 1 aromatic heterocycles. The van der Waals surface area contributed by atoms with Crippen LogP contribution in [0.1, 0.15) is 35.9 Å². The van der Waals surface area contributed by atoms with Gasteiger partial charge in [0.15, 0.2) is 0 Å². The van der Waals surface area contributed by atoms with E-state index >= 15 is 0 Å². The molecule has 1 aromatic carbocycles. The van der Waals surface area contributed by atoms with Gasteiger partial charge in [0.2, 0.25) is 5.91 Å². The summed E-state index contributed by atoms with van der Waals surface area (Å²) in [5.41, 5.74) is 1.23. The lowest BCUT2D eigenvalue weighted by molar-refractivity contribution is -0.122. The number of fused-ring (bicyclic) bond motifs is 1. The second-order valence-corrected chi connectivity index (χ2v) is 7.66. The number of carbonyl (C=O) groups excluding carboxylic acids is 2. The summed E-state index contributed by atoms with van der Waals surface area (Å²) in [6, 6.07) is 8.84. The number of hydrogen-bond donors (Lipinski definition) is 2. The van der Waals surface area contributed by atoms with Gasteiger partial charge in [-0.05, 0) is 53.5 Å². The van der Waals surface area contributed by atoms with Crippen LogP contribution < -0.4 is 10.6 Å². The van der Waals surface area contributed by atoms with E-state index < -0.39 is 6.17 Å². The summed E-state index contributed by atoms with van der Waals surface area (Å²) in [6.45, 7) is 3.69. The van der Waals surface area contributed by atoms with E-state index in [1.54, 1.807) is 24.4 Å². The number of amides is 2. The molecule has 0 radical (unpaired) electrons. The average Bonchev–Trinajstić information content (AvgIpc) is 2.58. The lowest BCUT2D eigenvalue weighted by Gasteiger charge is -2.37. The molecule has 0 bridgehead atoms. The number of carbonyl (C=O) groups is 2. The number of benzene rings is 1. The van der Waals surface area contributed by atoms with Crippen LogP contribution in [0.5, 0.6) is 0 Å². The van der Waals surface area contributed by atoms with Gasteiger partial charge in [-0.3, -0.25) is 9.59 Å². The van der Waals surface area contributed by atoms with E-state index in [-0.39, 0.29) is 24.4 Å². The summed E-state index contributed by atoms with van der Waals surface area (Å²) in [6.07, 6.45) is 1.11. The van der Waals surface area contributed by atoms with Gasteiger partial charge in [-0.2, -0.15) is 0 Å². The van der Waals surface area contributed by atoms with Gasteiger partial charge in [0, 0.05) is 21.7 Å². The number of aromatic nitrogens is 1. The number of hydrogen-bond acceptors (Lipinski definition) is 4. The van der Waals surface area contributed by atoms with E-state index in [0.29, 0.717) is 20.9 Å². The van der Waals surface area contributed by atoms with Crippen molar-refractivity contribution in [2.45, 2.75) is 26.1 Å². The average molecular weight is 438 g/mol. The topological polar surface area (TPSA) is 74.3 Å². The smallest absolute Gasteiger partial charge is 0.260 e. The third-order valence-electron chi connectivity index (χ3n) is 3.88. The standard InChI is InChI=1S/C18H18BrClN4O2/c1-10(2)22-15(25)9-24-17(11-3-5-13(20)6-4-11)23-16-14(18(24)26)7-12(19)8-21-16/h3-8,10,17H,9H2,1-2H3,(H,21,23)(H,22,25). The molecule has 2 amide bonds. The van der Waals surface area contributed by atoms with Crippen LogP contribution in [0.2, 0.25) is 5.02 Å². The van der Waals surface area contributed by atoms with E-state index in [1.165, 1.54) is 4.90 Å². The first-order valence-electron chi connectivity index (χ1n) is 8.13. The fourth-order valence-corrected chi connectivity index (χ4v) is 3.25. The Hall–Kier alpha value is -2.12. The molecule has 1 aliphatic heterocycles. The van der Waals surface area contributed by atoms with E-state index in [2.05, 4.69) is 31.5 Å². The zero-order valence-corrected chi connectivity index (χ0v) is 16.6. The fourth-order valence-electron chi connectivity index (χ4n) is 2.79. The van der Waals surface area contributed by atoms with E-state index in [4.69, 9.17) is 11.6 Å². The summed E-state index contributed by atoms with van der Waals surface area (Å²) in [4.78, 5) is 31.1. The number of anilines is 1. The number of nitrogens with zero attached hydrogens (tertiary/aromatic N) is 2. The van der Waals surface area contributed by atoms with Crippen molar-refractivity contribution in [1.82, 2.24) is 15.2 Å². The first-order chi connectivity index (χ1) is 12.3. The van der Waals surface area contributed by atoms with E-state index in [1.807, 2.05) is 26.0 Å². The Kier molecular flexibility index (Phi) is 5.48. The molecule has 8 heteroatoms. The SMILES string of the molecule is CC(C)NC(=O)CN1C(=O)c2cc(Br)cnc2NC1c1ccc(Cl)cc1. The third kappa shape index (κ3) is 3.99. The zero-order chi connectivity index (χ0) is 18.8. The second kappa shape index (κ2) is 7.63. The summed E-state index contributed by atoms with van der Waals surface area (Å²) in [5.74, 6) is 0.00518. The molecular weight excluding hydrogens is 420 g/mol. The summed E-state index contributed by atoms with van der Waals surface area (Å²) in [7, 11) is 0. The van der Waals surface area contributed by atoms with Gasteiger partial charge in [0.25, 0.3) is 5.91 Å². The summed E-state index contributed by atoms with van der Waals surface area (Å²) in [5, 5.41) is 6.67. The first kappa shape index (κ1) is 18.7. The Morgan fingerprint density at radius 1 is 1.38 bits per heavy atom. The fraction of sp³-hybridized carbons (Fsp3) is 0.278. The maximum atomic E-state index is 13.1. The highest BCUT2D eigenvalue weighted by molar-refractivity contribution is 9.10. The Balaban J connectivity index is 1.98. The Labute approximate surface area is 165 Å². The van der Waals surface area contributed by atoms with Crippen molar-refractivity contribution >= 4 is 45.2 Å². The molecule has 136 valence electrons. The van der Waals surface area contributed by atoms with E-state index in [9.17, 15) is 9.59 Å². The van der Waals surface area contributed by atoms with Crippen molar-refractivity contribution in [3.8, 4) is 0 Å². The molecular formula is C18H18BrClN4O2. The van der Waals surface area contributed by atoms with Crippen LogP contribution in [0.3, 0.4) is 0 Å². The second-order valence-electron chi connectivity index (χ2n) is 6.30. The highest BCUT2D eigenvalue weighted by Crippen LogP contribution is 2.33. The molecule has 1 atom stereocenters. The molecule has 26 heavy (non-hydrogen) atoms. The molecule has 3 rings (SSSR count). The lowest BCUT2D eigenvalue weighted by atomic mass is 10.1. The molecule has 0 fully saturated rings. The molecule has 2 N–H and O–H groups in total. The molecule has 0 aliphatic carbocycles. The zero-order valence-electron chi connectivity index (χ0n) is 14.3. The minimum atomic E-state index is -0.515. The molecule has 0 saturated heterocycles. The minimum Gasteiger partial charge on any atom is -0.352 e. The van der Waals surface area contributed by atoms with Crippen LogP contribution in [0.15, 0.2) is 41.0 Å². The van der Waals surface area contributed by atoms with Crippen molar-refractivity contribution in [3.63, 3.8) is 0 Å². The quantitative estimate of drug-likeness (QED) is 0.766. The third-order valence-corrected chi connectivity index (χ3v) is 4.57. The molecule has 0 spiro atoms. The predicted molar refractivity (Wildman–Crippen MR) is 104 cm³/mol. The van der Waals surface area contributed by atoms with Crippen molar-refractivity contribution in [2.24, 2.45) is 0 Å². The normalized spacial score (nSPS) is 16.3. The minimum absolute atomic E-state index is 0.00701. The van der Waals surface area contributed by atoms with Crippen molar-refractivity contribution in [3.05, 3.63) is 57.2 Å². The summed E-state index contributed by atoms with van der Waals surface area (Å²) < 4.78 is 0.697. The Morgan fingerprint density at radius 3 is 2.73 bits per heavy atom. The van der Waals surface area contributed by atoms with Crippen LogP contribution in [-0.2, 0) is 4.79 Å². The number of nitrogens with one attached hydrogen (secondary N) is 2.